The molecule has 1 aliphatic rings. The summed E-state index contributed by atoms with van der Waals surface area (Å²) in [5.41, 5.74) is 7.83. The van der Waals surface area contributed by atoms with E-state index in [4.69, 9.17) is 5.73 Å². The summed E-state index contributed by atoms with van der Waals surface area (Å²) in [7, 11) is 0. The Labute approximate surface area is 97.4 Å². The minimum absolute atomic E-state index is 0.0300. The van der Waals surface area contributed by atoms with Crippen LogP contribution in [0.1, 0.15) is 12.0 Å². The summed E-state index contributed by atoms with van der Waals surface area (Å²) in [5.74, 6) is 0.109. The number of aryl methyl sites for hydroxylation is 1. The summed E-state index contributed by atoms with van der Waals surface area (Å²) in [6.07, 6.45) is 0.450. The molecule has 1 aromatic carbocycles. The maximum Gasteiger partial charge on any atom is 0.228 e. The smallest absolute Gasteiger partial charge is 0.228 e. The van der Waals surface area contributed by atoms with Crippen molar-refractivity contribution >= 4 is 27.5 Å². The topological polar surface area (TPSA) is 46.3 Å². The molecule has 1 atom stereocenters. The molecule has 4 heteroatoms. The fraction of sp³-hybridized carbons (Fsp3) is 0.364. The first kappa shape index (κ1) is 10.6. The van der Waals surface area contributed by atoms with E-state index in [1.165, 1.54) is 0 Å². The number of rotatable bonds is 1. The summed E-state index contributed by atoms with van der Waals surface area (Å²) in [4.78, 5) is 13.4. The van der Waals surface area contributed by atoms with E-state index in [1.807, 2.05) is 25.1 Å². The molecular formula is C11H13BrN2O. The van der Waals surface area contributed by atoms with Crippen molar-refractivity contribution in [2.75, 3.05) is 11.4 Å². The van der Waals surface area contributed by atoms with E-state index in [9.17, 15) is 4.79 Å². The molecule has 2 N–H and O–H groups in total. The second kappa shape index (κ2) is 3.94. The van der Waals surface area contributed by atoms with Crippen molar-refractivity contribution in [2.24, 2.45) is 5.73 Å². The predicted molar refractivity (Wildman–Crippen MR) is 63.8 cm³/mol. The predicted octanol–water partition coefficient (Wildman–Crippen LogP) is 1.82. The Balaban J connectivity index is 2.30. The first-order valence-corrected chi connectivity index (χ1v) is 5.69. The van der Waals surface area contributed by atoms with Gasteiger partial charge in [-0.2, -0.15) is 0 Å². The molecule has 3 nitrogen and oxygen atoms in total. The van der Waals surface area contributed by atoms with Crippen LogP contribution in [0.15, 0.2) is 22.7 Å². The van der Waals surface area contributed by atoms with Crippen LogP contribution in [0, 0.1) is 6.92 Å². The third kappa shape index (κ3) is 2.06. The van der Waals surface area contributed by atoms with Crippen LogP contribution in [0.2, 0.25) is 0 Å². The second-order valence-corrected chi connectivity index (χ2v) is 4.76. The van der Waals surface area contributed by atoms with E-state index < -0.39 is 0 Å². The minimum atomic E-state index is -0.0300. The fourth-order valence-corrected chi connectivity index (χ4v) is 2.10. The van der Waals surface area contributed by atoms with Crippen LogP contribution in [0.3, 0.4) is 0 Å². The van der Waals surface area contributed by atoms with Gasteiger partial charge in [-0.1, -0.05) is 22.0 Å². The van der Waals surface area contributed by atoms with Gasteiger partial charge in [-0.05, 0) is 24.6 Å². The molecule has 2 rings (SSSR count). The Morgan fingerprint density at radius 1 is 1.53 bits per heavy atom. The lowest BCUT2D eigenvalue weighted by Gasteiger charge is -2.16. The van der Waals surface area contributed by atoms with Gasteiger partial charge in [0, 0.05) is 29.2 Å². The number of anilines is 1. The zero-order valence-corrected chi connectivity index (χ0v) is 10.1. The van der Waals surface area contributed by atoms with Gasteiger partial charge >= 0.3 is 0 Å². The Kier molecular flexibility index (Phi) is 2.80. The van der Waals surface area contributed by atoms with E-state index in [0.29, 0.717) is 13.0 Å². The Hall–Kier alpha value is -0.870. The summed E-state index contributed by atoms with van der Waals surface area (Å²) >= 11 is 3.46. The van der Waals surface area contributed by atoms with Crippen LogP contribution in [-0.2, 0) is 4.79 Å². The Morgan fingerprint density at radius 3 is 2.80 bits per heavy atom. The van der Waals surface area contributed by atoms with E-state index in [-0.39, 0.29) is 11.9 Å². The van der Waals surface area contributed by atoms with Gasteiger partial charge in [0.1, 0.15) is 0 Å². The lowest BCUT2D eigenvalue weighted by molar-refractivity contribution is -0.117. The van der Waals surface area contributed by atoms with Crippen LogP contribution >= 0.6 is 15.9 Å². The molecule has 1 amide bonds. The molecule has 1 saturated heterocycles. The van der Waals surface area contributed by atoms with Gasteiger partial charge in [-0.3, -0.25) is 4.79 Å². The van der Waals surface area contributed by atoms with Crippen molar-refractivity contribution in [3.05, 3.63) is 28.2 Å². The van der Waals surface area contributed by atoms with Crippen molar-refractivity contribution in [3.8, 4) is 0 Å². The number of benzene rings is 1. The van der Waals surface area contributed by atoms with Crippen molar-refractivity contribution in [3.63, 3.8) is 0 Å². The van der Waals surface area contributed by atoms with Crippen molar-refractivity contribution in [2.45, 2.75) is 19.4 Å². The normalized spacial score (nSPS) is 21.1. The Morgan fingerprint density at radius 2 is 2.27 bits per heavy atom. The second-order valence-electron chi connectivity index (χ2n) is 3.90. The highest BCUT2D eigenvalue weighted by Crippen LogP contribution is 2.26. The first-order chi connectivity index (χ1) is 7.08. The van der Waals surface area contributed by atoms with Gasteiger partial charge in [0.2, 0.25) is 5.91 Å². The lowest BCUT2D eigenvalue weighted by atomic mass is 10.2. The van der Waals surface area contributed by atoms with Gasteiger partial charge in [-0.15, -0.1) is 0 Å². The van der Waals surface area contributed by atoms with Gasteiger partial charge < -0.3 is 10.6 Å². The van der Waals surface area contributed by atoms with Crippen molar-refractivity contribution in [1.29, 1.82) is 0 Å². The SMILES string of the molecule is Cc1ccc(N2CC(N)CC2=O)cc1Br. The number of carbonyl (C=O) groups is 1. The van der Waals surface area contributed by atoms with Crippen molar-refractivity contribution in [1.82, 2.24) is 0 Å². The Bertz CT molecular complexity index is 406. The van der Waals surface area contributed by atoms with Crippen LogP contribution in [0.4, 0.5) is 5.69 Å². The molecule has 0 spiro atoms. The molecule has 0 bridgehead atoms. The summed E-state index contributed by atoms with van der Waals surface area (Å²) in [5, 5.41) is 0. The zero-order chi connectivity index (χ0) is 11.0. The fourth-order valence-electron chi connectivity index (χ4n) is 1.73. The molecule has 1 unspecified atom stereocenters. The van der Waals surface area contributed by atoms with Crippen LogP contribution < -0.4 is 10.6 Å². The minimum Gasteiger partial charge on any atom is -0.326 e. The maximum absolute atomic E-state index is 11.6. The average molecular weight is 269 g/mol. The molecule has 0 radical (unpaired) electrons. The zero-order valence-electron chi connectivity index (χ0n) is 8.53. The standard InChI is InChI=1S/C11H13BrN2O/c1-7-2-3-9(5-10(7)12)14-6-8(13)4-11(14)15/h2-3,5,8H,4,6,13H2,1H3. The highest BCUT2D eigenvalue weighted by molar-refractivity contribution is 9.10. The third-order valence-corrected chi connectivity index (χ3v) is 3.48. The number of carbonyl (C=O) groups excluding carboxylic acids is 1. The number of amides is 1. The average Bonchev–Trinajstić information content (AvgIpc) is 2.50. The molecule has 1 aliphatic heterocycles. The first-order valence-electron chi connectivity index (χ1n) is 4.90. The van der Waals surface area contributed by atoms with Crippen LogP contribution in [0.25, 0.3) is 0 Å². The molecule has 0 aromatic heterocycles. The number of hydrogen-bond donors (Lipinski definition) is 1. The summed E-state index contributed by atoms with van der Waals surface area (Å²) in [6, 6.07) is 5.88. The third-order valence-electron chi connectivity index (χ3n) is 2.62. The van der Waals surface area contributed by atoms with Crippen molar-refractivity contribution < 1.29 is 4.79 Å². The molecule has 1 heterocycles. The molecule has 15 heavy (non-hydrogen) atoms. The molecule has 1 fully saturated rings. The summed E-state index contributed by atoms with van der Waals surface area (Å²) in [6.45, 7) is 2.64. The quantitative estimate of drug-likeness (QED) is 0.845. The number of nitrogens with two attached hydrogens (primary N) is 1. The van der Waals surface area contributed by atoms with Crippen LogP contribution in [-0.4, -0.2) is 18.5 Å². The highest BCUT2D eigenvalue weighted by Gasteiger charge is 2.27. The van der Waals surface area contributed by atoms with E-state index in [2.05, 4.69) is 15.9 Å². The van der Waals surface area contributed by atoms with E-state index in [1.54, 1.807) is 4.90 Å². The van der Waals surface area contributed by atoms with Gasteiger partial charge in [0.05, 0.1) is 0 Å². The van der Waals surface area contributed by atoms with Gasteiger partial charge in [0.15, 0.2) is 0 Å². The molecule has 80 valence electrons. The number of nitrogens with zero attached hydrogens (tertiary/aromatic N) is 1. The van der Waals surface area contributed by atoms with E-state index >= 15 is 0 Å². The highest BCUT2D eigenvalue weighted by atomic mass is 79.9. The maximum atomic E-state index is 11.6. The monoisotopic (exact) mass is 268 g/mol. The molecule has 0 saturated carbocycles. The number of hydrogen-bond acceptors (Lipinski definition) is 2. The molecule has 0 aliphatic carbocycles. The summed E-state index contributed by atoms with van der Waals surface area (Å²) < 4.78 is 1.02. The lowest BCUT2D eigenvalue weighted by Crippen LogP contribution is -2.27. The van der Waals surface area contributed by atoms with Crippen LogP contribution in [0.5, 0.6) is 0 Å². The molecular weight excluding hydrogens is 256 g/mol. The van der Waals surface area contributed by atoms with E-state index in [0.717, 1.165) is 15.7 Å². The number of halogens is 1. The molecule has 1 aromatic rings. The van der Waals surface area contributed by atoms with Gasteiger partial charge in [-0.25, -0.2) is 0 Å². The van der Waals surface area contributed by atoms with Gasteiger partial charge in [0.25, 0.3) is 0 Å². The largest absolute Gasteiger partial charge is 0.326 e.